The van der Waals surface area contributed by atoms with Gasteiger partial charge >= 0.3 is 5.97 Å². The summed E-state index contributed by atoms with van der Waals surface area (Å²) in [6.07, 6.45) is -0.521. The first-order chi connectivity index (χ1) is 7.13. The van der Waals surface area contributed by atoms with E-state index in [0.29, 0.717) is 0 Å². The molecule has 0 aliphatic carbocycles. The van der Waals surface area contributed by atoms with Crippen molar-refractivity contribution in [2.24, 2.45) is 0 Å². The van der Waals surface area contributed by atoms with Gasteiger partial charge in [0, 0.05) is 0 Å². The number of epoxide rings is 1. The number of rotatable bonds is 2. The van der Waals surface area contributed by atoms with E-state index in [-0.39, 0.29) is 12.1 Å². The van der Waals surface area contributed by atoms with Gasteiger partial charge in [0.25, 0.3) is 0 Å². The van der Waals surface area contributed by atoms with E-state index < -0.39 is 6.10 Å². The molecule has 1 saturated heterocycles. The number of hydrogen-bond donors (Lipinski definition) is 0. The predicted octanol–water partition coefficient (Wildman–Crippen LogP) is 1.92. The molecule has 0 saturated carbocycles. The molecule has 0 aromatic heterocycles. The molecule has 0 radical (unpaired) electrons. The van der Waals surface area contributed by atoms with Crippen molar-refractivity contribution in [2.45, 2.75) is 26.1 Å². The molecule has 2 atom stereocenters. The van der Waals surface area contributed by atoms with E-state index in [9.17, 15) is 4.79 Å². The molecule has 0 N–H and O–H groups in total. The van der Waals surface area contributed by atoms with Crippen LogP contribution in [0.25, 0.3) is 0 Å². The van der Waals surface area contributed by atoms with Crippen LogP contribution in [0, 0.1) is 13.8 Å². The summed E-state index contributed by atoms with van der Waals surface area (Å²) >= 11 is 0. The highest BCUT2D eigenvalue weighted by Crippen LogP contribution is 2.41. The zero-order chi connectivity index (χ0) is 11.0. The van der Waals surface area contributed by atoms with Crippen molar-refractivity contribution in [3.05, 3.63) is 34.9 Å². The molecule has 80 valence electrons. The van der Waals surface area contributed by atoms with Crippen LogP contribution in [0.3, 0.4) is 0 Å². The van der Waals surface area contributed by atoms with Crippen LogP contribution in [0.4, 0.5) is 0 Å². The molecule has 0 amide bonds. The topological polar surface area (TPSA) is 38.8 Å². The first kappa shape index (κ1) is 10.2. The highest BCUT2D eigenvalue weighted by Gasteiger charge is 2.47. The van der Waals surface area contributed by atoms with Gasteiger partial charge < -0.3 is 9.47 Å². The lowest BCUT2D eigenvalue weighted by Crippen LogP contribution is -2.09. The second-order valence-electron chi connectivity index (χ2n) is 3.86. The van der Waals surface area contributed by atoms with Gasteiger partial charge in [-0.15, -0.1) is 0 Å². The van der Waals surface area contributed by atoms with Crippen LogP contribution in [0.2, 0.25) is 0 Å². The molecule has 2 rings (SSSR count). The molecule has 1 aliphatic heterocycles. The maximum Gasteiger partial charge on any atom is 0.338 e. The molecular weight excluding hydrogens is 192 g/mol. The van der Waals surface area contributed by atoms with E-state index in [4.69, 9.17) is 4.74 Å². The molecule has 3 heteroatoms. The van der Waals surface area contributed by atoms with E-state index >= 15 is 0 Å². The van der Waals surface area contributed by atoms with Gasteiger partial charge in [-0.05, 0) is 25.0 Å². The number of aryl methyl sites for hydroxylation is 2. The van der Waals surface area contributed by atoms with E-state index in [1.54, 1.807) is 0 Å². The Balaban J connectivity index is 2.19. The van der Waals surface area contributed by atoms with Gasteiger partial charge in [0.15, 0.2) is 6.10 Å². The summed E-state index contributed by atoms with van der Waals surface area (Å²) in [6, 6.07) is 6.15. The minimum Gasteiger partial charge on any atom is -0.467 e. The van der Waals surface area contributed by atoms with Crippen molar-refractivity contribution in [1.82, 2.24) is 0 Å². The summed E-state index contributed by atoms with van der Waals surface area (Å²) in [4.78, 5) is 11.2. The third-order valence-corrected chi connectivity index (χ3v) is 2.67. The molecule has 2 unspecified atom stereocenters. The third kappa shape index (κ3) is 1.88. The van der Waals surface area contributed by atoms with Crippen LogP contribution in [-0.4, -0.2) is 19.2 Å². The molecule has 1 aliphatic rings. The second kappa shape index (κ2) is 3.66. The number of hydrogen-bond acceptors (Lipinski definition) is 3. The highest BCUT2D eigenvalue weighted by molar-refractivity contribution is 5.78. The average molecular weight is 206 g/mol. The van der Waals surface area contributed by atoms with Crippen molar-refractivity contribution < 1.29 is 14.3 Å². The Morgan fingerprint density at radius 1 is 1.40 bits per heavy atom. The minimum atomic E-state index is -0.407. The van der Waals surface area contributed by atoms with Gasteiger partial charge in [0.05, 0.1) is 7.11 Å². The fourth-order valence-corrected chi connectivity index (χ4v) is 1.71. The van der Waals surface area contributed by atoms with E-state index in [1.807, 2.05) is 26.0 Å². The number of ether oxygens (including phenoxy) is 2. The maximum atomic E-state index is 11.2. The Bertz CT molecular complexity index is 398. The fourth-order valence-electron chi connectivity index (χ4n) is 1.71. The normalized spacial score (nSPS) is 23.7. The molecule has 1 heterocycles. The van der Waals surface area contributed by atoms with Crippen molar-refractivity contribution in [3.8, 4) is 0 Å². The first-order valence-corrected chi connectivity index (χ1v) is 4.94. The van der Waals surface area contributed by atoms with Crippen LogP contribution in [0.5, 0.6) is 0 Å². The maximum absolute atomic E-state index is 11.2. The summed E-state index contributed by atoms with van der Waals surface area (Å²) in [5.41, 5.74) is 3.41. The average Bonchev–Trinajstić information content (AvgIpc) is 3.00. The molecule has 1 aromatic carbocycles. The Morgan fingerprint density at radius 2 is 2.13 bits per heavy atom. The number of methoxy groups -OCH3 is 1. The van der Waals surface area contributed by atoms with Crippen molar-refractivity contribution in [2.75, 3.05) is 7.11 Å². The van der Waals surface area contributed by atoms with E-state index in [1.165, 1.54) is 12.7 Å². The standard InChI is InChI=1S/C12H14O3/c1-7-4-5-8(2)9(6-7)10-11(15-10)12(13)14-3/h4-6,10-11H,1-3H3. The molecule has 3 nitrogen and oxygen atoms in total. The van der Waals surface area contributed by atoms with Crippen molar-refractivity contribution in [3.63, 3.8) is 0 Å². The van der Waals surface area contributed by atoms with Gasteiger partial charge in [-0.25, -0.2) is 4.79 Å². The summed E-state index contributed by atoms with van der Waals surface area (Å²) in [5.74, 6) is -0.291. The van der Waals surface area contributed by atoms with Crippen LogP contribution >= 0.6 is 0 Å². The Labute approximate surface area is 89.0 Å². The Kier molecular flexibility index (Phi) is 2.49. The monoisotopic (exact) mass is 206 g/mol. The zero-order valence-electron chi connectivity index (χ0n) is 9.11. The number of carbonyl (C=O) groups excluding carboxylic acids is 1. The quantitative estimate of drug-likeness (QED) is 0.548. The Morgan fingerprint density at radius 3 is 2.80 bits per heavy atom. The largest absolute Gasteiger partial charge is 0.467 e. The first-order valence-electron chi connectivity index (χ1n) is 4.94. The van der Waals surface area contributed by atoms with Crippen LogP contribution in [0.15, 0.2) is 18.2 Å². The summed E-state index contributed by atoms with van der Waals surface area (Å²) < 4.78 is 9.95. The Hall–Kier alpha value is -1.35. The second-order valence-corrected chi connectivity index (χ2v) is 3.86. The van der Waals surface area contributed by atoms with Gasteiger partial charge in [-0.1, -0.05) is 23.8 Å². The van der Waals surface area contributed by atoms with Gasteiger partial charge in [0.2, 0.25) is 0 Å². The van der Waals surface area contributed by atoms with Crippen LogP contribution in [0.1, 0.15) is 22.8 Å². The van der Waals surface area contributed by atoms with Gasteiger partial charge in [0.1, 0.15) is 6.10 Å². The van der Waals surface area contributed by atoms with Crippen LogP contribution in [-0.2, 0) is 14.3 Å². The predicted molar refractivity (Wildman–Crippen MR) is 55.5 cm³/mol. The third-order valence-electron chi connectivity index (χ3n) is 2.67. The lowest BCUT2D eigenvalue weighted by atomic mass is 10.0. The zero-order valence-corrected chi connectivity index (χ0v) is 9.11. The van der Waals surface area contributed by atoms with Crippen LogP contribution < -0.4 is 0 Å². The number of carbonyl (C=O) groups is 1. The molecule has 15 heavy (non-hydrogen) atoms. The summed E-state index contributed by atoms with van der Waals surface area (Å²) in [7, 11) is 1.38. The lowest BCUT2D eigenvalue weighted by Gasteiger charge is -2.03. The highest BCUT2D eigenvalue weighted by atomic mass is 16.6. The molecule has 1 aromatic rings. The van der Waals surface area contributed by atoms with E-state index in [2.05, 4.69) is 10.8 Å². The summed E-state index contributed by atoms with van der Waals surface area (Å²) in [5, 5.41) is 0. The molecule has 0 bridgehead atoms. The smallest absolute Gasteiger partial charge is 0.338 e. The molecule has 0 spiro atoms. The SMILES string of the molecule is COC(=O)C1OC1c1cc(C)ccc1C. The van der Waals surface area contributed by atoms with Gasteiger partial charge in [-0.3, -0.25) is 0 Å². The summed E-state index contributed by atoms with van der Waals surface area (Å²) in [6.45, 7) is 4.04. The fraction of sp³-hybridized carbons (Fsp3) is 0.417. The van der Waals surface area contributed by atoms with Crippen molar-refractivity contribution >= 4 is 5.97 Å². The molecule has 1 fully saturated rings. The number of benzene rings is 1. The lowest BCUT2D eigenvalue weighted by molar-refractivity contribution is -0.142. The minimum absolute atomic E-state index is 0.114. The van der Waals surface area contributed by atoms with Crippen molar-refractivity contribution in [1.29, 1.82) is 0 Å². The van der Waals surface area contributed by atoms with E-state index in [0.717, 1.165) is 11.1 Å². The number of esters is 1. The molecular formula is C12H14O3. The van der Waals surface area contributed by atoms with Gasteiger partial charge in [-0.2, -0.15) is 0 Å².